The number of primary amides is 2. The highest BCUT2D eigenvalue weighted by atomic mass is 16.4. The van der Waals surface area contributed by atoms with Gasteiger partial charge in [-0.2, -0.15) is 0 Å². The monoisotopic (exact) mass is 504 g/mol. The standard InChI is InChI=1S/C18H28N6O11/c19-7(5-12(21)26)15(31)22-8(2-4-13(27)28)16(32)24-10(6-14(29)30)17(33)23-9(18(34)35)1-3-11(20)25/h7-10H,1-6,19H2,(H2,20,25)(H2,21,26)(H,22,31)(H,23,33)(H,24,32)(H,27,28)(H,29,30)(H,34,35). The maximum absolute atomic E-state index is 12.7. The Bertz CT molecular complexity index is 862. The zero-order chi connectivity index (χ0) is 27.3. The maximum atomic E-state index is 12.7. The van der Waals surface area contributed by atoms with E-state index in [4.69, 9.17) is 27.4 Å². The number of nitrogens with one attached hydrogen (secondary N) is 3. The predicted octanol–water partition coefficient (Wildman–Crippen LogP) is -4.67. The number of aliphatic carboxylic acids is 3. The molecule has 35 heavy (non-hydrogen) atoms. The molecule has 17 nitrogen and oxygen atoms in total. The second kappa shape index (κ2) is 14.8. The first-order valence-corrected chi connectivity index (χ1v) is 10.0. The van der Waals surface area contributed by atoms with Crippen LogP contribution in [0.1, 0.15) is 38.5 Å². The number of nitrogens with two attached hydrogens (primary N) is 3. The summed E-state index contributed by atoms with van der Waals surface area (Å²) in [5.41, 5.74) is 15.4. The SMILES string of the molecule is NC(=O)CCC(NC(=O)C(CC(=O)O)NC(=O)C(CCC(=O)O)NC(=O)C(N)CC(N)=O)C(=O)O. The van der Waals surface area contributed by atoms with Crippen LogP contribution < -0.4 is 33.2 Å². The van der Waals surface area contributed by atoms with Crippen LogP contribution in [-0.2, 0) is 38.4 Å². The van der Waals surface area contributed by atoms with Crippen molar-refractivity contribution in [3.05, 3.63) is 0 Å². The molecule has 0 aliphatic heterocycles. The van der Waals surface area contributed by atoms with Crippen molar-refractivity contribution in [3.8, 4) is 0 Å². The molecule has 0 aliphatic carbocycles. The summed E-state index contributed by atoms with van der Waals surface area (Å²) >= 11 is 0. The number of carbonyl (C=O) groups is 8. The molecule has 12 N–H and O–H groups in total. The van der Waals surface area contributed by atoms with E-state index in [0.717, 1.165) is 0 Å². The van der Waals surface area contributed by atoms with Gasteiger partial charge in [0.2, 0.25) is 29.5 Å². The molecule has 0 rings (SSSR count). The van der Waals surface area contributed by atoms with Gasteiger partial charge in [-0.05, 0) is 12.8 Å². The van der Waals surface area contributed by atoms with Gasteiger partial charge >= 0.3 is 17.9 Å². The lowest BCUT2D eigenvalue weighted by Gasteiger charge is -2.24. The van der Waals surface area contributed by atoms with E-state index in [9.17, 15) is 43.5 Å². The Morgan fingerprint density at radius 1 is 0.600 bits per heavy atom. The third-order valence-corrected chi connectivity index (χ3v) is 4.34. The molecule has 0 aromatic rings. The van der Waals surface area contributed by atoms with Crippen LogP contribution in [0.15, 0.2) is 0 Å². The van der Waals surface area contributed by atoms with Gasteiger partial charge < -0.3 is 48.5 Å². The van der Waals surface area contributed by atoms with Gasteiger partial charge in [-0.3, -0.25) is 33.6 Å². The molecule has 0 radical (unpaired) electrons. The Morgan fingerprint density at radius 3 is 1.54 bits per heavy atom. The minimum Gasteiger partial charge on any atom is -0.481 e. The smallest absolute Gasteiger partial charge is 0.326 e. The van der Waals surface area contributed by atoms with Crippen molar-refractivity contribution in [2.75, 3.05) is 0 Å². The molecule has 0 aliphatic rings. The van der Waals surface area contributed by atoms with E-state index in [2.05, 4.69) is 5.32 Å². The van der Waals surface area contributed by atoms with Gasteiger partial charge in [0, 0.05) is 12.8 Å². The zero-order valence-corrected chi connectivity index (χ0v) is 18.4. The number of amides is 5. The number of rotatable bonds is 17. The van der Waals surface area contributed by atoms with E-state index in [1.165, 1.54) is 0 Å². The fourth-order valence-corrected chi connectivity index (χ4v) is 2.60. The Morgan fingerprint density at radius 2 is 1.09 bits per heavy atom. The number of hydrogen-bond acceptors (Lipinski definition) is 9. The minimum absolute atomic E-state index is 0.415. The van der Waals surface area contributed by atoms with Gasteiger partial charge in [0.1, 0.15) is 18.1 Å². The summed E-state index contributed by atoms with van der Waals surface area (Å²) in [4.78, 5) is 92.5. The average molecular weight is 504 g/mol. The van der Waals surface area contributed by atoms with Crippen LogP contribution >= 0.6 is 0 Å². The maximum Gasteiger partial charge on any atom is 0.326 e. The van der Waals surface area contributed by atoms with E-state index in [0.29, 0.717) is 0 Å². The number of carbonyl (C=O) groups excluding carboxylic acids is 5. The number of carboxylic acids is 3. The first kappa shape index (κ1) is 30.7. The Labute approximate surface area is 197 Å². The molecule has 0 heterocycles. The van der Waals surface area contributed by atoms with Crippen LogP contribution in [0.25, 0.3) is 0 Å². The van der Waals surface area contributed by atoms with Crippen LogP contribution in [0.2, 0.25) is 0 Å². The summed E-state index contributed by atoms with van der Waals surface area (Å²) in [6.07, 6.45) is -3.58. The van der Waals surface area contributed by atoms with Crippen LogP contribution in [0.5, 0.6) is 0 Å². The molecule has 0 saturated carbocycles. The first-order chi connectivity index (χ1) is 16.1. The van der Waals surface area contributed by atoms with Crippen molar-refractivity contribution in [3.63, 3.8) is 0 Å². The van der Waals surface area contributed by atoms with Crippen LogP contribution in [0.4, 0.5) is 0 Å². The molecule has 5 amide bonds. The Kier molecular flexibility index (Phi) is 13.0. The highest BCUT2D eigenvalue weighted by Gasteiger charge is 2.32. The second-order valence-corrected chi connectivity index (χ2v) is 7.33. The molecule has 0 aromatic heterocycles. The molecule has 0 spiro atoms. The van der Waals surface area contributed by atoms with Gasteiger partial charge in [-0.25, -0.2) is 4.79 Å². The topological polar surface area (TPSA) is 311 Å². The van der Waals surface area contributed by atoms with E-state index in [1.807, 2.05) is 10.6 Å². The summed E-state index contributed by atoms with van der Waals surface area (Å²) in [5.74, 6) is -9.74. The Balaban J connectivity index is 5.60. The normalized spacial score (nSPS) is 13.9. The third kappa shape index (κ3) is 13.1. The molecule has 0 fully saturated rings. The van der Waals surface area contributed by atoms with E-state index in [-0.39, 0.29) is 0 Å². The fourth-order valence-electron chi connectivity index (χ4n) is 2.60. The first-order valence-electron chi connectivity index (χ1n) is 10.0. The minimum atomic E-state index is -1.85. The van der Waals surface area contributed by atoms with Crippen LogP contribution in [-0.4, -0.2) is 86.9 Å². The number of hydrogen-bond donors (Lipinski definition) is 9. The van der Waals surface area contributed by atoms with Crippen LogP contribution in [0.3, 0.4) is 0 Å². The lowest BCUT2D eigenvalue weighted by Crippen LogP contribution is -2.57. The van der Waals surface area contributed by atoms with E-state index < -0.39 is 110 Å². The summed E-state index contributed by atoms with van der Waals surface area (Å²) in [6.45, 7) is 0. The van der Waals surface area contributed by atoms with Gasteiger partial charge in [0.25, 0.3) is 0 Å². The summed E-state index contributed by atoms with van der Waals surface area (Å²) in [6, 6.07) is -6.59. The lowest BCUT2D eigenvalue weighted by molar-refractivity contribution is -0.143. The van der Waals surface area contributed by atoms with Gasteiger partial charge in [-0.1, -0.05) is 0 Å². The molecule has 4 unspecified atom stereocenters. The number of carboxylic acid groups (broad SMARTS) is 3. The molecule has 196 valence electrons. The zero-order valence-electron chi connectivity index (χ0n) is 18.4. The summed E-state index contributed by atoms with van der Waals surface area (Å²) in [7, 11) is 0. The van der Waals surface area contributed by atoms with Gasteiger partial charge in [0.05, 0.1) is 18.9 Å². The van der Waals surface area contributed by atoms with E-state index in [1.54, 1.807) is 0 Å². The molecule has 0 bridgehead atoms. The predicted molar refractivity (Wildman–Crippen MR) is 113 cm³/mol. The molecular formula is C18H28N6O11. The lowest BCUT2D eigenvalue weighted by atomic mass is 10.1. The van der Waals surface area contributed by atoms with Crippen molar-refractivity contribution in [2.45, 2.75) is 62.7 Å². The fraction of sp³-hybridized carbons (Fsp3) is 0.556. The highest BCUT2D eigenvalue weighted by molar-refractivity contribution is 5.96. The average Bonchev–Trinajstić information content (AvgIpc) is 2.71. The van der Waals surface area contributed by atoms with Crippen molar-refractivity contribution >= 4 is 47.4 Å². The third-order valence-electron chi connectivity index (χ3n) is 4.34. The van der Waals surface area contributed by atoms with Gasteiger partial charge in [0.15, 0.2) is 0 Å². The van der Waals surface area contributed by atoms with Crippen molar-refractivity contribution in [2.24, 2.45) is 17.2 Å². The highest BCUT2D eigenvalue weighted by Crippen LogP contribution is 2.04. The molecule has 4 atom stereocenters. The summed E-state index contributed by atoms with van der Waals surface area (Å²) in [5, 5.41) is 33.2. The van der Waals surface area contributed by atoms with Crippen molar-refractivity contribution in [1.29, 1.82) is 0 Å². The largest absolute Gasteiger partial charge is 0.481 e. The quantitative estimate of drug-likeness (QED) is 0.0902. The van der Waals surface area contributed by atoms with Crippen molar-refractivity contribution in [1.82, 2.24) is 16.0 Å². The van der Waals surface area contributed by atoms with Crippen molar-refractivity contribution < 1.29 is 53.7 Å². The second-order valence-electron chi connectivity index (χ2n) is 7.33. The Hall–Kier alpha value is -4.28. The summed E-state index contributed by atoms with van der Waals surface area (Å²) < 4.78 is 0. The molecule has 0 saturated heterocycles. The van der Waals surface area contributed by atoms with E-state index >= 15 is 0 Å². The van der Waals surface area contributed by atoms with Crippen LogP contribution in [0, 0.1) is 0 Å². The van der Waals surface area contributed by atoms with Gasteiger partial charge in [-0.15, -0.1) is 0 Å². The molecule has 0 aromatic carbocycles. The molecular weight excluding hydrogens is 476 g/mol. The molecule has 17 heteroatoms.